The Labute approximate surface area is 129 Å². The van der Waals surface area contributed by atoms with Crippen LogP contribution in [-0.2, 0) is 14.8 Å². The molecule has 1 aliphatic carbocycles. The lowest BCUT2D eigenvalue weighted by atomic mass is 10.1. The van der Waals surface area contributed by atoms with Crippen LogP contribution in [0.2, 0.25) is 0 Å². The molecule has 2 fully saturated rings. The molecule has 22 heavy (non-hydrogen) atoms. The lowest BCUT2D eigenvalue weighted by Gasteiger charge is -2.16. The maximum absolute atomic E-state index is 12.4. The highest BCUT2D eigenvalue weighted by Crippen LogP contribution is 2.32. The standard InChI is InChI=1S/C14H20N2O5S/c1-9-7-16(10-3-4-10)8-11(9)15-22(18,19)13-6-5-12(21-13)14(17)20-2/h5-6,9-11,15H,3-4,7-8H2,1-2H3/t9-,11-/m0/s1. The molecule has 0 unspecified atom stereocenters. The molecule has 1 aliphatic heterocycles. The second-order valence-electron chi connectivity index (χ2n) is 6.00. The summed E-state index contributed by atoms with van der Waals surface area (Å²) < 4.78 is 37.0. The first-order chi connectivity index (χ1) is 10.4. The Hall–Kier alpha value is -1.38. The van der Waals surface area contributed by atoms with Crippen molar-refractivity contribution in [1.29, 1.82) is 0 Å². The molecule has 8 heteroatoms. The van der Waals surface area contributed by atoms with Gasteiger partial charge in [0.15, 0.2) is 0 Å². The van der Waals surface area contributed by atoms with Crippen LogP contribution in [0.15, 0.2) is 21.6 Å². The van der Waals surface area contributed by atoms with Gasteiger partial charge in [-0.05, 0) is 30.9 Å². The Kier molecular flexibility index (Phi) is 4.00. The minimum absolute atomic E-state index is 0.123. The topological polar surface area (TPSA) is 88.8 Å². The number of hydrogen-bond acceptors (Lipinski definition) is 6. The SMILES string of the molecule is COC(=O)c1ccc(S(=O)(=O)N[C@H]2CN(C3CC3)C[C@@H]2C)o1. The zero-order chi connectivity index (χ0) is 15.9. The molecule has 7 nitrogen and oxygen atoms in total. The molecule has 122 valence electrons. The minimum atomic E-state index is -3.78. The second kappa shape index (κ2) is 5.68. The van der Waals surface area contributed by atoms with E-state index in [4.69, 9.17) is 4.42 Å². The third-order valence-corrected chi connectivity index (χ3v) is 5.61. The Bertz CT molecular complexity index is 665. The summed E-state index contributed by atoms with van der Waals surface area (Å²) in [4.78, 5) is 13.7. The number of methoxy groups -OCH3 is 1. The fourth-order valence-electron chi connectivity index (χ4n) is 2.83. The number of rotatable bonds is 5. The Morgan fingerprint density at radius 3 is 2.73 bits per heavy atom. The van der Waals surface area contributed by atoms with Crippen LogP contribution in [0.5, 0.6) is 0 Å². The summed E-state index contributed by atoms with van der Waals surface area (Å²) in [7, 11) is -2.57. The number of nitrogens with one attached hydrogen (secondary N) is 1. The number of likely N-dealkylation sites (tertiary alicyclic amines) is 1. The lowest BCUT2D eigenvalue weighted by molar-refractivity contribution is 0.0559. The van der Waals surface area contributed by atoms with Gasteiger partial charge in [0.05, 0.1) is 7.11 Å². The van der Waals surface area contributed by atoms with Crippen molar-refractivity contribution in [2.24, 2.45) is 5.92 Å². The van der Waals surface area contributed by atoms with Crippen molar-refractivity contribution >= 4 is 16.0 Å². The molecule has 0 bridgehead atoms. The van der Waals surface area contributed by atoms with E-state index in [1.807, 2.05) is 6.92 Å². The van der Waals surface area contributed by atoms with E-state index in [9.17, 15) is 13.2 Å². The maximum Gasteiger partial charge on any atom is 0.374 e. The van der Waals surface area contributed by atoms with E-state index in [1.165, 1.54) is 32.1 Å². The van der Waals surface area contributed by atoms with Crippen molar-refractivity contribution in [3.63, 3.8) is 0 Å². The largest absolute Gasteiger partial charge is 0.463 e. The van der Waals surface area contributed by atoms with Crippen LogP contribution in [0.25, 0.3) is 0 Å². The van der Waals surface area contributed by atoms with Crippen LogP contribution in [0.3, 0.4) is 0 Å². The molecule has 1 aromatic heterocycles. The summed E-state index contributed by atoms with van der Waals surface area (Å²) in [5, 5.41) is -0.259. The second-order valence-corrected chi connectivity index (χ2v) is 7.65. The van der Waals surface area contributed by atoms with Crippen molar-refractivity contribution in [2.75, 3.05) is 20.2 Å². The highest BCUT2D eigenvalue weighted by Gasteiger charge is 2.40. The third kappa shape index (κ3) is 3.04. The van der Waals surface area contributed by atoms with E-state index < -0.39 is 16.0 Å². The maximum atomic E-state index is 12.4. The summed E-state index contributed by atoms with van der Waals surface area (Å²) >= 11 is 0. The predicted molar refractivity (Wildman–Crippen MR) is 77.9 cm³/mol. The molecular weight excluding hydrogens is 308 g/mol. The number of sulfonamides is 1. The molecule has 3 rings (SSSR count). The Balaban J connectivity index is 1.70. The molecule has 2 atom stereocenters. The number of furan rings is 1. The number of nitrogens with zero attached hydrogens (tertiary/aromatic N) is 1. The smallest absolute Gasteiger partial charge is 0.374 e. The van der Waals surface area contributed by atoms with E-state index in [2.05, 4.69) is 14.4 Å². The van der Waals surface area contributed by atoms with Crippen LogP contribution < -0.4 is 4.72 Å². The van der Waals surface area contributed by atoms with Gasteiger partial charge in [-0.25, -0.2) is 17.9 Å². The molecule has 0 spiro atoms. The van der Waals surface area contributed by atoms with Gasteiger partial charge < -0.3 is 9.15 Å². The molecule has 1 aromatic rings. The van der Waals surface area contributed by atoms with E-state index in [-0.39, 0.29) is 22.8 Å². The zero-order valence-electron chi connectivity index (χ0n) is 12.6. The summed E-state index contributed by atoms with van der Waals surface area (Å²) in [5.41, 5.74) is 0. The van der Waals surface area contributed by atoms with Gasteiger partial charge in [-0.3, -0.25) is 4.90 Å². The molecular formula is C14H20N2O5S. The number of esters is 1. The van der Waals surface area contributed by atoms with Gasteiger partial charge in [0, 0.05) is 25.2 Å². The fourth-order valence-corrected chi connectivity index (χ4v) is 4.10. The van der Waals surface area contributed by atoms with Crippen molar-refractivity contribution in [1.82, 2.24) is 9.62 Å². The average molecular weight is 328 g/mol. The average Bonchev–Trinajstić information content (AvgIpc) is 3.08. The minimum Gasteiger partial charge on any atom is -0.463 e. The van der Waals surface area contributed by atoms with Crippen molar-refractivity contribution in [2.45, 2.75) is 36.9 Å². The van der Waals surface area contributed by atoms with Crippen molar-refractivity contribution < 1.29 is 22.4 Å². The van der Waals surface area contributed by atoms with Crippen LogP contribution in [-0.4, -0.2) is 51.6 Å². The van der Waals surface area contributed by atoms with Crippen LogP contribution >= 0.6 is 0 Å². The van der Waals surface area contributed by atoms with Crippen molar-refractivity contribution in [3.05, 3.63) is 17.9 Å². The first kappa shape index (κ1) is 15.5. The normalized spacial score (nSPS) is 26.3. The molecule has 1 N–H and O–H groups in total. The molecule has 1 saturated heterocycles. The molecule has 0 aromatic carbocycles. The molecule has 0 amide bonds. The summed E-state index contributed by atoms with van der Waals surface area (Å²) in [5.74, 6) is -0.581. The summed E-state index contributed by atoms with van der Waals surface area (Å²) in [6.07, 6.45) is 2.40. The number of hydrogen-bond donors (Lipinski definition) is 1. The summed E-state index contributed by atoms with van der Waals surface area (Å²) in [6.45, 7) is 3.66. The number of carbonyl (C=O) groups excluding carboxylic acids is 1. The van der Waals surface area contributed by atoms with Gasteiger partial charge in [0.2, 0.25) is 10.9 Å². The highest BCUT2D eigenvalue weighted by molar-refractivity contribution is 7.89. The van der Waals surface area contributed by atoms with Gasteiger partial charge in [0.25, 0.3) is 10.0 Å². The third-order valence-electron chi connectivity index (χ3n) is 4.24. The first-order valence-electron chi connectivity index (χ1n) is 7.35. The predicted octanol–water partition coefficient (Wildman–Crippen LogP) is 0.827. The Morgan fingerprint density at radius 1 is 1.36 bits per heavy atom. The van der Waals surface area contributed by atoms with Gasteiger partial charge in [-0.2, -0.15) is 0 Å². The van der Waals surface area contributed by atoms with Gasteiger partial charge in [0.1, 0.15) is 0 Å². The molecule has 2 heterocycles. The van der Waals surface area contributed by atoms with Gasteiger partial charge in [-0.15, -0.1) is 0 Å². The molecule has 2 aliphatic rings. The monoisotopic (exact) mass is 328 g/mol. The quantitative estimate of drug-likeness (QED) is 0.805. The van der Waals surface area contributed by atoms with Crippen LogP contribution in [0, 0.1) is 5.92 Å². The van der Waals surface area contributed by atoms with Crippen molar-refractivity contribution in [3.8, 4) is 0 Å². The van der Waals surface area contributed by atoms with E-state index in [0.29, 0.717) is 6.04 Å². The molecule has 0 radical (unpaired) electrons. The van der Waals surface area contributed by atoms with Gasteiger partial charge in [-0.1, -0.05) is 6.92 Å². The molecule has 1 saturated carbocycles. The van der Waals surface area contributed by atoms with Crippen LogP contribution in [0.4, 0.5) is 0 Å². The van der Waals surface area contributed by atoms with Gasteiger partial charge >= 0.3 is 5.97 Å². The Morgan fingerprint density at radius 2 is 2.09 bits per heavy atom. The van der Waals surface area contributed by atoms with E-state index >= 15 is 0 Å². The number of ether oxygens (including phenoxy) is 1. The first-order valence-corrected chi connectivity index (χ1v) is 8.83. The number of carbonyl (C=O) groups is 1. The van der Waals surface area contributed by atoms with E-state index in [0.717, 1.165) is 13.1 Å². The summed E-state index contributed by atoms with van der Waals surface area (Å²) in [6, 6.07) is 3.05. The van der Waals surface area contributed by atoms with E-state index in [1.54, 1.807) is 0 Å². The lowest BCUT2D eigenvalue weighted by Crippen LogP contribution is -2.39. The zero-order valence-corrected chi connectivity index (χ0v) is 13.4. The highest BCUT2D eigenvalue weighted by atomic mass is 32.2. The fraction of sp³-hybridized carbons (Fsp3) is 0.643. The van der Waals surface area contributed by atoms with Crippen LogP contribution in [0.1, 0.15) is 30.3 Å².